The molecule has 0 aromatic heterocycles. The lowest BCUT2D eigenvalue weighted by atomic mass is 9.98. The molecule has 0 saturated carbocycles. The third-order valence-electron chi connectivity index (χ3n) is 3.39. The maximum atomic E-state index is 6.56. The van der Waals surface area contributed by atoms with Crippen LogP contribution in [0.2, 0.25) is 5.02 Å². The maximum absolute atomic E-state index is 6.56. The zero-order valence-corrected chi connectivity index (χ0v) is 13.0. The molecule has 1 unspecified atom stereocenters. The van der Waals surface area contributed by atoms with Crippen LogP contribution in [0.15, 0.2) is 42.5 Å². The van der Waals surface area contributed by atoms with Crippen molar-refractivity contribution in [1.82, 2.24) is 0 Å². The number of hydrogen-bond donors (Lipinski definition) is 0. The van der Waals surface area contributed by atoms with Crippen molar-refractivity contribution in [2.75, 3.05) is 0 Å². The Hall–Kier alpha value is -0.980. The number of halogens is 2. The van der Waals surface area contributed by atoms with Gasteiger partial charge in [0.1, 0.15) is 0 Å². The highest BCUT2D eigenvalue weighted by atomic mass is 35.5. The lowest BCUT2D eigenvalue weighted by Crippen LogP contribution is -1.96. The fraction of sp³-hybridized carbons (Fsp3) is 0.294. The summed E-state index contributed by atoms with van der Waals surface area (Å²) in [5.74, 6) is 0.533. The number of aryl methyl sites for hydroxylation is 1. The Balaban J connectivity index is 2.33. The van der Waals surface area contributed by atoms with Crippen LogP contribution in [-0.2, 0) is 0 Å². The van der Waals surface area contributed by atoms with Crippen LogP contribution >= 0.6 is 23.2 Å². The Morgan fingerprint density at radius 1 is 0.895 bits per heavy atom. The summed E-state index contributed by atoms with van der Waals surface area (Å²) in [6.07, 6.45) is 0. The molecule has 0 bridgehead atoms. The molecule has 0 N–H and O–H groups in total. The first-order valence-corrected chi connectivity index (χ1v) is 7.31. The average molecular weight is 293 g/mol. The highest BCUT2D eigenvalue weighted by Crippen LogP contribution is 2.35. The zero-order chi connectivity index (χ0) is 14.0. The minimum absolute atomic E-state index is 0.200. The molecule has 0 aliphatic heterocycles. The van der Waals surface area contributed by atoms with Crippen molar-refractivity contribution < 1.29 is 0 Å². The smallest absolute Gasteiger partial charge is 0.0849 e. The van der Waals surface area contributed by atoms with Crippen molar-refractivity contribution in [3.05, 3.63) is 69.7 Å². The predicted molar refractivity (Wildman–Crippen MR) is 84.4 cm³/mol. The largest absolute Gasteiger partial charge is 0.113 e. The van der Waals surface area contributed by atoms with E-state index >= 15 is 0 Å². The fourth-order valence-electron chi connectivity index (χ4n) is 2.10. The van der Waals surface area contributed by atoms with Crippen molar-refractivity contribution in [3.8, 4) is 0 Å². The summed E-state index contributed by atoms with van der Waals surface area (Å²) < 4.78 is 0. The average Bonchev–Trinajstić information content (AvgIpc) is 2.41. The van der Waals surface area contributed by atoms with Crippen LogP contribution in [0, 0.1) is 6.92 Å². The number of benzene rings is 2. The summed E-state index contributed by atoms with van der Waals surface area (Å²) in [7, 11) is 0. The third-order valence-corrected chi connectivity index (χ3v) is 4.39. The van der Waals surface area contributed by atoms with Crippen molar-refractivity contribution in [2.45, 2.75) is 32.1 Å². The van der Waals surface area contributed by atoms with Gasteiger partial charge in [0.25, 0.3) is 0 Å². The highest BCUT2D eigenvalue weighted by molar-refractivity contribution is 6.33. The number of rotatable bonds is 3. The first kappa shape index (κ1) is 14.4. The van der Waals surface area contributed by atoms with Gasteiger partial charge in [-0.3, -0.25) is 0 Å². The Kier molecular flexibility index (Phi) is 4.54. The van der Waals surface area contributed by atoms with E-state index in [1.165, 1.54) is 5.56 Å². The summed E-state index contributed by atoms with van der Waals surface area (Å²) >= 11 is 12.9. The van der Waals surface area contributed by atoms with Gasteiger partial charge in [-0.2, -0.15) is 0 Å². The van der Waals surface area contributed by atoms with Gasteiger partial charge in [0.2, 0.25) is 0 Å². The van der Waals surface area contributed by atoms with E-state index in [1.54, 1.807) is 0 Å². The Labute approximate surface area is 125 Å². The normalized spacial score (nSPS) is 12.7. The lowest BCUT2D eigenvalue weighted by molar-refractivity contribution is 0.865. The highest BCUT2D eigenvalue weighted by Gasteiger charge is 2.15. The van der Waals surface area contributed by atoms with E-state index in [4.69, 9.17) is 23.2 Å². The van der Waals surface area contributed by atoms with Crippen LogP contribution in [0.4, 0.5) is 0 Å². The Morgan fingerprint density at radius 3 is 2.05 bits per heavy atom. The topological polar surface area (TPSA) is 0 Å². The van der Waals surface area contributed by atoms with Crippen LogP contribution in [0.25, 0.3) is 0 Å². The second-order valence-electron chi connectivity index (χ2n) is 5.16. The standard InChI is InChI=1S/C17H18Cl2/c1-11(2)13-7-9-14(10-8-13)17(19)15-6-4-5-12(3)16(15)18/h4-11,17H,1-3H3. The molecule has 0 radical (unpaired) electrons. The van der Waals surface area contributed by atoms with Crippen LogP contribution in [0.3, 0.4) is 0 Å². The first-order valence-electron chi connectivity index (χ1n) is 6.49. The van der Waals surface area contributed by atoms with Gasteiger partial charge in [-0.1, -0.05) is 67.9 Å². The molecule has 0 spiro atoms. The molecular weight excluding hydrogens is 275 g/mol. The molecule has 100 valence electrons. The van der Waals surface area contributed by atoms with E-state index in [2.05, 4.69) is 38.1 Å². The molecule has 19 heavy (non-hydrogen) atoms. The molecule has 0 amide bonds. The molecule has 2 rings (SSSR count). The second-order valence-corrected chi connectivity index (χ2v) is 5.98. The van der Waals surface area contributed by atoms with E-state index in [-0.39, 0.29) is 5.38 Å². The number of hydrogen-bond acceptors (Lipinski definition) is 0. The van der Waals surface area contributed by atoms with E-state index < -0.39 is 0 Å². The van der Waals surface area contributed by atoms with Crippen LogP contribution in [-0.4, -0.2) is 0 Å². The fourth-order valence-corrected chi connectivity index (χ4v) is 2.71. The summed E-state index contributed by atoms with van der Waals surface area (Å²) in [5, 5.41) is 0.559. The predicted octanol–water partition coefficient (Wildman–Crippen LogP) is 6.10. The summed E-state index contributed by atoms with van der Waals surface area (Å²) in [5.41, 5.74) is 4.44. The van der Waals surface area contributed by atoms with Crippen molar-refractivity contribution in [3.63, 3.8) is 0 Å². The minimum atomic E-state index is -0.200. The van der Waals surface area contributed by atoms with Crippen molar-refractivity contribution in [2.24, 2.45) is 0 Å². The third kappa shape index (κ3) is 3.13. The van der Waals surface area contributed by atoms with Gasteiger partial charge in [-0.25, -0.2) is 0 Å². The maximum Gasteiger partial charge on any atom is 0.0849 e. The molecule has 2 heteroatoms. The summed E-state index contributed by atoms with van der Waals surface area (Å²) in [4.78, 5) is 0. The summed E-state index contributed by atoms with van der Waals surface area (Å²) in [6, 6.07) is 14.4. The van der Waals surface area contributed by atoms with Gasteiger partial charge in [-0.15, -0.1) is 11.6 Å². The van der Waals surface area contributed by atoms with Crippen molar-refractivity contribution in [1.29, 1.82) is 0 Å². The van der Waals surface area contributed by atoms with Gasteiger partial charge in [0.15, 0.2) is 0 Å². The van der Waals surface area contributed by atoms with Crippen LogP contribution < -0.4 is 0 Å². The molecule has 0 saturated heterocycles. The van der Waals surface area contributed by atoms with Crippen molar-refractivity contribution >= 4 is 23.2 Å². The molecule has 1 atom stereocenters. The van der Waals surface area contributed by atoms with Gasteiger partial charge in [-0.05, 0) is 35.1 Å². The first-order chi connectivity index (χ1) is 9.00. The molecule has 0 heterocycles. The van der Waals surface area contributed by atoms with E-state index in [0.29, 0.717) is 5.92 Å². The lowest BCUT2D eigenvalue weighted by Gasteiger charge is -2.14. The molecule has 2 aromatic carbocycles. The van der Waals surface area contributed by atoms with Gasteiger partial charge in [0.05, 0.1) is 5.38 Å². The molecule has 0 fully saturated rings. The molecule has 0 aliphatic rings. The van der Waals surface area contributed by atoms with Gasteiger partial charge < -0.3 is 0 Å². The monoisotopic (exact) mass is 292 g/mol. The Morgan fingerprint density at radius 2 is 1.47 bits per heavy atom. The van der Waals surface area contributed by atoms with Crippen LogP contribution in [0.5, 0.6) is 0 Å². The molecular formula is C17H18Cl2. The molecule has 2 aromatic rings. The summed E-state index contributed by atoms with van der Waals surface area (Å²) in [6.45, 7) is 6.37. The van der Waals surface area contributed by atoms with Gasteiger partial charge in [0, 0.05) is 5.02 Å². The van der Waals surface area contributed by atoms with Gasteiger partial charge >= 0.3 is 0 Å². The van der Waals surface area contributed by atoms with Crippen LogP contribution in [0.1, 0.15) is 47.4 Å². The minimum Gasteiger partial charge on any atom is -0.113 e. The van der Waals surface area contributed by atoms with E-state index in [1.807, 2.05) is 25.1 Å². The van der Waals surface area contributed by atoms with E-state index in [0.717, 1.165) is 21.7 Å². The molecule has 0 aliphatic carbocycles. The number of alkyl halides is 1. The zero-order valence-electron chi connectivity index (χ0n) is 11.5. The SMILES string of the molecule is Cc1cccc(C(Cl)c2ccc(C(C)C)cc2)c1Cl. The van der Waals surface area contributed by atoms with E-state index in [9.17, 15) is 0 Å². The molecule has 0 nitrogen and oxygen atoms in total. The second kappa shape index (κ2) is 5.98. The Bertz CT molecular complexity index is 556. The quantitative estimate of drug-likeness (QED) is 0.600.